The van der Waals surface area contributed by atoms with Crippen molar-refractivity contribution in [3.05, 3.63) is 70.1 Å². The first kappa shape index (κ1) is 21.0. The van der Waals surface area contributed by atoms with E-state index in [9.17, 15) is 13.2 Å². The number of hydrogen-bond acceptors (Lipinski definition) is 5. The van der Waals surface area contributed by atoms with Crippen LogP contribution >= 0.6 is 11.6 Å². The lowest BCUT2D eigenvalue weighted by molar-refractivity contribution is 0.267. The zero-order chi connectivity index (χ0) is 21.2. The van der Waals surface area contributed by atoms with Gasteiger partial charge in [-0.05, 0) is 41.8 Å². The van der Waals surface area contributed by atoms with Gasteiger partial charge in [0, 0.05) is 10.6 Å². The normalized spacial score (nSPS) is 11.6. The molecule has 0 aliphatic carbocycles. The molecule has 0 aliphatic rings. The van der Waals surface area contributed by atoms with E-state index in [1.807, 2.05) is 13.8 Å². The van der Waals surface area contributed by atoms with E-state index in [4.69, 9.17) is 21.5 Å². The summed E-state index contributed by atoms with van der Waals surface area (Å²) in [6.07, 6.45) is 1.50. The molecule has 0 atom stereocenters. The zero-order valence-electron chi connectivity index (χ0n) is 15.9. The Hall–Kier alpha value is -2.68. The molecule has 0 saturated heterocycles. The van der Waals surface area contributed by atoms with Crippen LogP contribution in [0.25, 0.3) is 16.8 Å². The number of nitrogens with zero attached hydrogens (tertiary/aromatic N) is 2. The summed E-state index contributed by atoms with van der Waals surface area (Å²) in [7, 11) is -3.81. The van der Waals surface area contributed by atoms with Gasteiger partial charge in [-0.1, -0.05) is 43.6 Å². The monoisotopic (exact) mass is 433 g/mol. The second-order valence-electron chi connectivity index (χ2n) is 6.86. The number of sulfonamides is 1. The van der Waals surface area contributed by atoms with E-state index in [1.165, 1.54) is 23.0 Å². The van der Waals surface area contributed by atoms with Crippen LogP contribution in [0.5, 0.6) is 5.75 Å². The summed E-state index contributed by atoms with van der Waals surface area (Å²) in [6.45, 7) is 4.27. The Labute approximate surface area is 173 Å². The van der Waals surface area contributed by atoms with E-state index in [1.54, 1.807) is 36.4 Å². The second kappa shape index (κ2) is 8.36. The number of benzene rings is 2. The Morgan fingerprint density at radius 1 is 1.17 bits per heavy atom. The molecule has 7 nitrogen and oxygen atoms in total. The van der Waals surface area contributed by atoms with E-state index in [2.05, 4.69) is 5.10 Å². The third-order valence-electron chi connectivity index (χ3n) is 4.04. The summed E-state index contributed by atoms with van der Waals surface area (Å²) in [5, 5.41) is 9.87. The predicted molar refractivity (Wildman–Crippen MR) is 112 cm³/mol. The lowest BCUT2D eigenvalue weighted by Crippen LogP contribution is -2.24. The minimum absolute atomic E-state index is 0.0221. The van der Waals surface area contributed by atoms with Crippen molar-refractivity contribution in [2.75, 3.05) is 6.61 Å². The van der Waals surface area contributed by atoms with Gasteiger partial charge in [0.05, 0.1) is 23.4 Å². The molecule has 2 aromatic carbocycles. The molecule has 0 spiro atoms. The summed E-state index contributed by atoms with van der Waals surface area (Å²) in [6, 6.07) is 12.6. The summed E-state index contributed by atoms with van der Waals surface area (Å²) in [4.78, 5) is 13.1. The topological polar surface area (TPSA) is 104 Å². The van der Waals surface area contributed by atoms with Crippen LogP contribution in [0.3, 0.4) is 0 Å². The minimum atomic E-state index is -3.81. The fourth-order valence-electron chi connectivity index (χ4n) is 2.65. The van der Waals surface area contributed by atoms with Crippen LogP contribution in [0.15, 0.2) is 64.4 Å². The molecule has 29 heavy (non-hydrogen) atoms. The van der Waals surface area contributed by atoms with Crippen LogP contribution in [0, 0.1) is 5.92 Å². The molecule has 3 rings (SSSR count). The fourth-order valence-corrected chi connectivity index (χ4v) is 3.35. The Balaban J connectivity index is 2.14. The third-order valence-corrected chi connectivity index (χ3v) is 5.21. The number of hydrogen-bond donors (Lipinski definition) is 1. The SMILES string of the molecule is CC(C)COc1c(-c2ccc(S(N)(=O)=O)cc2)cnn(-c2cccc(Cl)c2)c1=O. The molecule has 9 heteroatoms. The van der Waals surface area contributed by atoms with E-state index in [0.29, 0.717) is 28.4 Å². The Kier molecular flexibility index (Phi) is 6.07. The van der Waals surface area contributed by atoms with E-state index < -0.39 is 15.6 Å². The lowest BCUT2D eigenvalue weighted by Gasteiger charge is -2.15. The largest absolute Gasteiger partial charge is 0.487 e. The molecular formula is C20H20ClN3O4S. The first-order valence-corrected chi connectivity index (χ1v) is 10.7. The van der Waals surface area contributed by atoms with Crippen LogP contribution in [-0.4, -0.2) is 24.8 Å². The van der Waals surface area contributed by atoms with Crippen molar-refractivity contribution in [3.8, 4) is 22.6 Å². The van der Waals surface area contributed by atoms with Crippen molar-refractivity contribution in [2.45, 2.75) is 18.7 Å². The Morgan fingerprint density at radius 2 is 1.86 bits per heavy atom. The average molecular weight is 434 g/mol. The molecule has 0 fully saturated rings. The van der Waals surface area contributed by atoms with Crippen LogP contribution in [0.2, 0.25) is 5.02 Å². The van der Waals surface area contributed by atoms with Gasteiger partial charge in [0.2, 0.25) is 10.0 Å². The molecule has 0 bridgehead atoms. The van der Waals surface area contributed by atoms with Crippen molar-refractivity contribution < 1.29 is 13.2 Å². The predicted octanol–water partition coefficient (Wildman–Crippen LogP) is 3.24. The number of aromatic nitrogens is 2. The highest BCUT2D eigenvalue weighted by Crippen LogP contribution is 2.28. The highest BCUT2D eigenvalue weighted by molar-refractivity contribution is 7.89. The van der Waals surface area contributed by atoms with Gasteiger partial charge in [-0.2, -0.15) is 9.78 Å². The molecule has 0 saturated carbocycles. The molecule has 0 aliphatic heterocycles. The Bertz CT molecular complexity index is 1190. The molecule has 2 N–H and O–H groups in total. The zero-order valence-corrected chi connectivity index (χ0v) is 17.4. The van der Waals surface area contributed by atoms with E-state index in [0.717, 1.165) is 0 Å². The first-order chi connectivity index (χ1) is 13.7. The van der Waals surface area contributed by atoms with Crippen molar-refractivity contribution in [2.24, 2.45) is 11.1 Å². The van der Waals surface area contributed by atoms with Crippen molar-refractivity contribution in [1.29, 1.82) is 0 Å². The highest BCUT2D eigenvalue weighted by Gasteiger charge is 2.17. The lowest BCUT2D eigenvalue weighted by atomic mass is 10.1. The number of nitrogens with two attached hydrogens (primary N) is 1. The Morgan fingerprint density at radius 3 is 2.45 bits per heavy atom. The average Bonchev–Trinajstić information content (AvgIpc) is 2.66. The highest BCUT2D eigenvalue weighted by atomic mass is 35.5. The van der Waals surface area contributed by atoms with Crippen LogP contribution in [0.4, 0.5) is 0 Å². The maximum absolute atomic E-state index is 13.1. The van der Waals surface area contributed by atoms with Gasteiger partial charge in [-0.3, -0.25) is 4.79 Å². The molecule has 1 aromatic heterocycles. The van der Waals surface area contributed by atoms with Crippen molar-refractivity contribution in [3.63, 3.8) is 0 Å². The third kappa shape index (κ3) is 4.84. The van der Waals surface area contributed by atoms with Crippen LogP contribution in [0.1, 0.15) is 13.8 Å². The summed E-state index contributed by atoms with van der Waals surface area (Å²) < 4.78 is 30.0. The van der Waals surface area contributed by atoms with Crippen LogP contribution < -0.4 is 15.4 Å². The van der Waals surface area contributed by atoms with Gasteiger partial charge in [-0.25, -0.2) is 13.6 Å². The van der Waals surface area contributed by atoms with Gasteiger partial charge in [-0.15, -0.1) is 0 Å². The van der Waals surface area contributed by atoms with Crippen molar-refractivity contribution in [1.82, 2.24) is 9.78 Å². The summed E-state index contributed by atoms with van der Waals surface area (Å²) in [5.74, 6) is 0.317. The van der Waals surface area contributed by atoms with Gasteiger partial charge in [0.1, 0.15) is 0 Å². The van der Waals surface area contributed by atoms with Gasteiger partial charge < -0.3 is 4.74 Å². The van der Waals surface area contributed by atoms with Gasteiger partial charge in [0.15, 0.2) is 5.75 Å². The van der Waals surface area contributed by atoms with Crippen LogP contribution in [-0.2, 0) is 10.0 Å². The van der Waals surface area contributed by atoms with Gasteiger partial charge >= 0.3 is 5.56 Å². The maximum atomic E-state index is 13.1. The quantitative estimate of drug-likeness (QED) is 0.642. The number of rotatable bonds is 6. The number of ether oxygens (including phenoxy) is 1. The maximum Gasteiger partial charge on any atom is 0.314 e. The second-order valence-corrected chi connectivity index (χ2v) is 8.86. The van der Waals surface area contributed by atoms with Crippen molar-refractivity contribution >= 4 is 21.6 Å². The summed E-state index contributed by atoms with van der Waals surface area (Å²) >= 11 is 6.03. The molecule has 0 unspecified atom stereocenters. The molecule has 3 aromatic rings. The molecule has 152 valence electrons. The molecule has 0 amide bonds. The number of halogens is 1. The minimum Gasteiger partial charge on any atom is -0.487 e. The fraction of sp³-hybridized carbons (Fsp3) is 0.200. The smallest absolute Gasteiger partial charge is 0.314 e. The molecular weight excluding hydrogens is 414 g/mol. The van der Waals surface area contributed by atoms with E-state index >= 15 is 0 Å². The van der Waals surface area contributed by atoms with E-state index in [-0.39, 0.29) is 16.6 Å². The molecule has 1 heterocycles. The standard InChI is InChI=1S/C20H20ClN3O4S/c1-13(2)12-28-19-18(14-6-8-17(9-7-14)29(22,26)27)11-23-24(20(19)25)16-5-3-4-15(21)10-16/h3-11,13H,12H2,1-2H3,(H2,22,26,27). The molecule has 0 radical (unpaired) electrons. The van der Waals surface area contributed by atoms with Gasteiger partial charge in [0.25, 0.3) is 0 Å². The number of primary sulfonamides is 1. The first-order valence-electron chi connectivity index (χ1n) is 8.81. The summed E-state index contributed by atoms with van der Waals surface area (Å²) in [5.41, 5.74) is 1.10.